The fraction of sp³-hybridized carbons (Fsp3) is 0.308. The lowest BCUT2D eigenvalue weighted by Crippen LogP contribution is -2.61. The molecular weight excluding hydrogens is 404 g/mol. The molecule has 0 saturated heterocycles. The number of hydrogen-bond acceptors (Lipinski definition) is 5. The Hall–Kier alpha value is -3.38. The summed E-state index contributed by atoms with van der Waals surface area (Å²) in [5, 5.41) is 1.05. The molecule has 0 saturated carbocycles. The van der Waals surface area contributed by atoms with Gasteiger partial charge in [-0.05, 0) is 30.0 Å². The predicted molar refractivity (Wildman–Crippen MR) is 123 cm³/mol. The lowest BCUT2D eigenvalue weighted by Gasteiger charge is -2.47. The molecule has 6 nitrogen and oxygen atoms in total. The van der Waals surface area contributed by atoms with Gasteiger partial charge in [-0.2, -0.15) is 0 Å². The van der Waals surface area contributed by atoms with Crippen LogP contribution in [0.25, 0.3) is 10.9 Å². The van der Waals surface area contributed by atoms with Crippen LogP contribution in [0.3, 0.4) is 0 Å². The molecule has 2 aromatic carbocycles. The van der Waals surface area contributed by atoms with E-state index in [1.807, 2.05) is 54.6 Å². The van der Waals surface area contributed by atoms with Crippen LogP contribution in [-0.2, 0) is 37.6 Å². The van der Waals surface area contributed by atoms with Gasteiger partial charge in [0.25, 0.3) is 0 Å². The van der Waals surface area contributed by atoms with E-state index >= 15 is 0 Å². The highest BCUT2D eigenvalue weighted by molar-refractivity contribution is 5.94. The zero-order chi connectivity index (χ0) is 22.7. The predicted octanol–water partition coefficient (Wildman–Crippen LogP) is 3.96. The number of rotatable bonds is 7. The number of carbonyl (C=O) groups is 2. The number of nitrogens with one attached hydrogen (secondary N) is 1. The highest BCUT2D eigenvalue weighted by Gasteiger charge is 2.59. The molecule has 0 spiro atoms. The zero-order valence-corrected chi connectivity index (χ0v) is 18.5. The molecule has 32 heavy (non-hydrogen) atoms. The standard InChI is InChI=1S/C26H28N2O4/c1-4-10-21(24(29)31-2)26(25(30)32-3)23-20(19-13-8-9-14-22(19)27-23)15-16-28(26)17-18-11-6-5-7-12-18/h4-9,11-14,21,27H,1,10,15-17H2,2-3H3. The summed E-state index contributed by atoms with van der Waals surface area (Å²) in [5.74, 6) is -1.79. The smallest absolute Gasteiger partial charge is 0.333 e. The second kappa shape index (κ2) is 9.01. The fourth-order valence-corrected chi connectivity index (χ4v) is 5.04. The molecule has 166 valence electrons. The van der Waals surface area contributed by atoms with Crippen LogP contribution in [0.15, 0.2) is 67.3 Å². The Morgan fingerprint density at radius 1 is 1.12 bits per heavy atom. The van der Waals surface area contributed by atoms with Gasteiger partial charge in [-0.3, -0.25) is 9.69 Å². The van der Waals surface area contributed by atoms with E-state index in [-0.39, 0.29) is 6.42 Å². The minimum atomic E-state index is -1.38. The van der Waals surface area contributed by atoms with Crippen LogP contribution >= 0.6 is 0 Å². The number of carbonyl (C=O) groups excluding carboxylic acids is 2. The minimum Gasteiger partial charge on any atom is -0.469 e. The second-order valence-corrected chi connectivity index (χ2v) is 8.04. The maximum atomic E-state index is 13.7. The van der Waals surface area contributed by atoms with Crippen LogP contribution < -0.4 is 0 Å². The van der Waals surface area contributed by atoms with Crippen molar-refractivity contribution in [1.82, 2.24) is 9.88 Å². The Morgan fingerprint density at radius 3 is 2.53 bits per heavy atom. The molecular formula is C26H28N2O4. The molecule has 2 atom stereocenters. The number of esters is 2. The van der Waals surface area contributed by atoms with E-state index in [1.54, 1.807) is 6.08 Å². The van der Waals surface area contributed by atoms with Gasteiger partial charge in [0.2, 0.25) is 0 Å². The van der Waals surface area contributed by atoms with Crippen LogP contribution in [0.1, 0.15) is 23.2 Å². The number of H-pyrrole nitrogens is 1. The number of fused-ring (bicyclic) bond motifs is 3. The molecule has 0 bridgehead atoms. The molecule has 0 aliphatic carbocycles. The number of nitrogens with zero attached hydrogens (tertiary/aromatic N) is 1. The van der Waals surface area contributed by atoms with E-state index in [0.717, 1.165) is 28.5 Å². The quantitative estimate of drug-likeness (QED) is 0.452. The summed E-state index contributed by atoms with van der Waals surface area (Å²) in [7, 11) is 2.71. The largest absolute Gasteiger partial charge is 0.469 e. The topological polar surface area (TPSA) is 71.6 Å². The first kappa shape index (κ1) is 21.8. The van der Waals surface area contributed by atoms with Gasteiger partial charge >= 0.3 is 11.9 Å². The van der Waals surface area contributed by atoms with E-state index in [1.165, 1.54) is 14.2 Å². The molecule has 2 heterocycles. The minimum absolute atomic E-state index is 0.266. The van der Waals surface area contributed by atoms with Crippen molar-refractivity contribution in [2.75, 3.05) is 20.8 Å². The third kappa shape index (κ3) is 3.41. The number of aromatic nitrogens is 1. The van der Waals surface area contributed by atoms with Crippen LogP contribution in [0.2, 0.25) is 0 Å². The third-order valence-electron chi connectivity index (χ3n) is 6.43. The van der Waals surface area contributed by atoms with Crippen molar-refractivity contribution in [3.8, 4) is 0 Å². The van der Waals surface area contributed by atoms with Crippen molar-refractivity contribution in [3.63, 3.8) is 0 Å². The van der Waals surface area contributed by atoms with Gasteiger partial charge < -0.3 is 14.5 Å². The van der Waals surface area contributed by atoms with Gasteiger partial charge in [0, 0.05) is 24.0 Å². The SMILES string of the molecule is C=CCC(C(=O)OC)C1(C(=O)OC)c2[nH]c3ccccc3c2CCN1Cc1ccccc1. The highest BCUT2D eigenvalue weighted by Crippen LogP contribution is 2.47. The lowest BCUT2D eigenvalue weighted by molar-refractivity contribution is -0.173. The number of benzene rings is 2. The van der Waals surface area contributed by atoms with E-state index in [9.17, 15) is 9.59 Å². The molecule has 6 heteroatoms. The summed E-state index contributed by atoms with van der Waals surface area (Å²) in [5.41, 5.74) is 2.33. The second-order valence-electron chi connectivity index (χ2n) is 8.04. The maximum absolute atomic E-state index is 13.7. The average Bonchev–Trinajstić information content (AvgIpc) is 3.22. The monoisotopic (exact) mass is 432 g/mol. The lowest BCUT2D eigenvalue weighted by atomic mass is 9.73. The van der Waals surface area contributed by atoms with E-state index in [4.69, 9.17) is 9.47 Å². The molecule has 3 aromatic rings. The Morgan fingerprint density at radius 2 is 1.84 bits per heavy atom. The number of methoxy groups -OCH3 is 2. The molecule has 1 aliphatic rings. The molecule has 2 unspecified atom stereocenters. The van der Waals surface area contributed by atoms with Crippen LogP contribution in [0, 0.1) is 5.92 Å². The van der Waals surface area contributed by atoms with Gasteiger partial charge in [-0.1, -0.05) is 54.6 Å². The number of hydrogen-bond donors (Lipinski definition) is 1. The molecule has 0 fully saturated rings. The Bertz CT molecular complexity index is 1140. The van der Waals surface area contributed by atoms with Gasteiger partial charge in [0.05, 0.1) is 25.8 Å². The van der Waals surface area contributed by atoms with Crippen molar-refractivity contribution in [3.05, 3.63) is 84.1 Å². The Balaban J connectivity index is 2.00. The summed E-state index contributed by atoms with van der Waals surface area (Å²) < 4.78 is 10.6. The van der Waals surface area contributed by atoms with Crippen molar-refractivity contribution < 1.29 is 19.1 Å². The number of aromatic amines is 1. The maximum Gasteiger partial charge on any atom is 0.333 e. The molecule has 0 radical (unpaired) electrons. The summed E-state index contributed by atoms with van der Waals surface area (Å²) in [6.07, 6.45) is 2.67. The first-order valence-corrected chi connectivity index (χ1v) is 10.7. The van der Waals surface area contributed by atoms with E-state index in [0.29, 0.717) is 18.8 Å². The first-order valence-electron chi connectivity index (χ1n) is 10.7. The van der Waals surface area contributed by atoms with Crippen LogP contribution in [0.5, 0.6) is 0 Å². The fourth-order valence-electron chi connectivity index (χ4n) is 5.04. The molecule has 4 rings (SSSR count). The summed E-state index contributed by atoms with van der Waals surface area (Å²) >= 11 is 0. The molecule has 0 amide bonds. The third-order valence-corrected chi connectivity index (χ3v) is 6.43. The normalized spacial score (nSPS) is 19.2. The summed E-state index contributed by atoms with van der Waals surface area (Å²) in [4.78, 5) is 32.4. The Kier molecular flexibility index (Phi) is 6.15. The zero-order valence-electron chi connectivity index (χ0n) is 18.5. The van der Waals surface area contributed by atoms with Crippen LogP contribution in [-0.4, -0.2) is 42.6 Å². The number of allylic oxidation sites excluding steroid dienone is 1. The van der Waals surface area contributed by atoms with Crippen LogP contribution in [0.4, 0.5) is 0 Å². The summed E-state index contributed by atoms with van der Waals surface area (Å²) in [6.45, 7) is 4.92. The van der Waals surface area contributed by atoms with Gasteiger partial charge in [-0.15, -0.1) is 6.58 Å². The van der Waals surface area contributed by atoms with Gasteiger partial charge in [-0.25, -0.2) is 4.79 Å². The van der Waals surface area contributed by atoms with Gasteiger partial charge in [0.15, 0.2) is 5.54 Å². The Labute approximate surface area is 187 Å². The first-order chi connectivity index (χ1) is 15.6. The summed E-state index contributed by atoms with van der Waals surface area (Å²) in [6, 6.07) is 17.9. The number of ether oxygens (including phenoxy) is 2. The molecule has 1 aliphatic heterocycles. The number of para-hydroxylation sites is 1. The van der Waals surface area contributed by atoms with E-state index < -0.39 is 23.4 Å². The molecule has 1 aromatic heterocycles. The molecule has 1 N–H and O–H groups in total. The van der Waals surface area contributed by atoms with Crippen molar-refractivity contribution in [2.45, 2.75) is 24.9 Å². The highest BCUT2D eigenvalue weighted by atomic mass is 16.5. The van der Waals surface area contributed by atoms with Crippen molar-refractivity contribution in [2.24, 2.45) is 5.92 Å². The van der Waals surface area contributed by atoms with Crippen molar-refractivity contribution >= 4 is 22.8 Å². The average molecular weight is 433 g/mol. The van der Waals surface area contributed by atoms with Gasteiger partial charge in [0.1, 0.15) is 0 Å². The van der Waals surface area contributed by atoms with E-state index in [2.05, 4.69) is 16.5 Å². The van der Waals surface area contributed by atoms with Crippen molar-refractivity contribution in [1.29, 1.82) is 0 Å².